The highest BCUT2D eigenvalue weighted by Crippen LogP contribution is 2.20. The highest BCUT2D eigenvalue weighted by Gasteiger charge is 2.01. The number of benzene rings is 1. The van der Waals surface area contributed by atoms with E-state index in [1.165, 1.54) is 13.2 Å². The summed E-state index contributed by atoms with van der Waals surface area (Å²) < 4.78 is 17.9. The Morgan fingerprint density at radius 3 is 2.85 bits per heavy atom. The van der Waals surface area contributed by atoms with Crippen molar-refractivity contribution in [3.05, 3.63) is 24.0 Å². The van der Waals surface area contributed by atoms with Gasteiger partial charge in [0.15, 0.2) is 11.6 Å². The number of rotatable bonds is 4. The fourth-order valence-corrected chi connectivity index (χ4v) is 1.09. The van der Waals surface area contributed by atoms with E-state index in [0.717, 1.165) is 12.2 Å². The molecule has 1 N–H and O–H groups in total. The minimum Gasteiger partial charge on any atom is -0.494 e. The van der Waals surface area contributed by atoms with Gasteiger partial charge < -0.3 is 10.1 Å². The fraction of sp³-hybridized carbons (Fsp3) is 0.333. The molecule has 0 aliphatic heterocycles. The second-order valence-electron chi connectivity index (χ2n) is 2.50. The SMILES string of the molecule is COc1ccc(NCCS)cc1F. The van der Waals surface area contributed by atoms with Gasteiger partial charge in [-0.05, 0) is 12.1 Å². The van der Waals surface area contributed by atoms with Crippen LogP contribution >= 0.6 is 12.6 Å². The van der Waals surface area contributed by atoms with Crippen LogP contribution in [-0.2, 0) is 0 Å². The third kappa shape index (κ3) is 2.81. The number of halogens is 1. The Bertz CT molecular complexity index is 280. The van der Waals surface area contributed by atoms with Crippen LogP contribution in [-0.4, -0.2) is 19.4 Å². The number of nitrogens with one attached hydrogen (secondary N) is 1. The third-order valence-corrected chi connectivity index (χ3v) is 1.82. The molecule has 0 atom stereocenters. The van der Waals surface area contributed by atoms with Crippen LogP contribution in [0.15, 0.2) is 18.2 Å². The molecule has 1 aromatic carbocycles. The van der Waals surface area contributed by atoms with Gasteiger partial charge in [0.05, 0.1) is 7.11 Å². The molecule has 2 nitrogen and oxygen atoms in total. The molecule has 4 heteroatoms. The van der Waals surface area contributed by atoms with E-state index in [-0.39, 0.29) is 11.6 Å². The average molecular weight is 201 g/mol. The van der Waals surface area contributed by atoms with Crippen LogP contribution in [0.2, 0.25) is 0 Å². The highest BCUT2D eigenvalue weighted by molar-refractivity contribution is 7.80. The summed E-state index contributed by atoms with van der Waals surface area (Å²) in [6, 6.07) is 4.77. The summed E-state index contributed by atoms with van der Waals surface area (Å²) in [4.78, 5) is 0. The third-order valence-electron chi connectivity index (χ3n) is 1.59. The number of hydrogen-bond donors (Lipinski definition) is 2. The molecule has 0 aliphatic carbocycles. The highest BCUT2D eigenvalue weighted by atomic mass is 32.1. The van der Waals surface area contributed by atoms with Crippen molar-refractivity contribution in [1.29, 1.82) is 0 Å². The van der Waals surface area contributed by atoms with Gasteiger partial charge in [0.25, 0.3) is 0 Å². The van der Waals surface area contributed by atoms with Crippen molar-refractivity contribution in [1.82, 2.24) is 0 Å². The van der Waals surface area contributed by atoms with E-state index in [0.29, 0.717) is 5.75 Å². The average Bonchev–Trinajstić information content (AvgIpc) is 2.15. The lowest BCUT2D eigenvalue weighted by atomic mass is 10.3. The van der Waals surface area contributed by atoms with E-state index in [1.54, 1.807) is 12.1 Å². The van der Waals surface area contributed by atoms with Gasteiger partial charge in [-0.25, -0.2) is 4.39 Å². The molecule has 0 aromatic heterocycles. The number of ether oxygens (including phenoxy) is 1. The van der Waals surface area contributed by atoms with Crippen LogP contribution in [0.1, 0.15) is 0 Å². The zero-order valence-corrected chi connectivity index (χ0v) is 8.27. The lowest BCUT2D eigenvalue weighted by Gasteiger charge is -2.06. The van der Waals surface area contributed by atoms with Crippen LogP contribution in [0, 0.1) is 5.82 Å². The van der Waals surface area contributed by atoms with Crippen molar-refractivity contribution in [2.75, 3.05) is 24.7 Å². The van der Waals surface area contributed by atoms with Crippen LogP contribution in [0.5, 0.6) is 5.75 Å². The maximum Gasteiger partial charge on any atom is 0.167 e. The van der Waals surface area contributed by atoms with Crippen molar-refractivity contribution in [2.45, 2.75) is 0 Å². The van der Waals surface area contributed by atoms with Crippen molar-refractivity contribution in [3.63, 3.8) is 0 Å². The van der Waals surface area contributed by atoms with E-state index in [9.17, 15) is 4.39 Å². The molecule has 1 rings (SSSR count). The first-order valence-electron chi connectivity index (χ1n) is 3.96. The van der Waals surface area contributed by atoms with E-state index in [1.807, 2.05) is 0 Å². The quantitative estimate of drug-likeness (QED) is 0.728. The van der Waals surface area contributed by atoms with Crippen LogP contribution in [0.25, 0.3) is 0 Å². The minimum absolute atomic E-state index is 0.261. The van der Waals surface area contributed by atoms with Gasteiger partial charge in [-0.1, -0.05) is 0 Å². The van der Waals surface area contributed by atoms with Crippen molar-refractivity contribution in [2.24, 2.45) is 0 Å². The Balaban J connectivity index is 2.71. The van der Waals surface area contributed by atoms with Crippen molar-refractivity contribution < 1.29 is 9.13 Å². The standard InChI is InChI=1S/C9H12FNOS/c1-12-9-3-2-7(6-8(9)10)11-4-5-13/h2-3,6,11,13H,4-5H2,1H3. The van der Waals surface area contributed by atoms with Gasteiger partial charge in [-0.3, -0.25) is 0 Å². The second kappa shape index (κ2) is 4.97. The molecule has 0 fully saturated rings. The van der Waals surface area contributed by atoms with Crippen molar-refractivity contribution in [3.8, 4) is 5.75 Å². The minimum atomic E-state index is -0.355. The summed E-state index contributed by atoms with van der Waals surface area (Å²) in [6.07, 6.45) is 0. The molecule has 0 radical (unpaired) electrons. The summed E-state index contributed by atoms with van der Waals surface area (Å²) in [5, 5.41) is 3.01. The Morgan fingerprint density at radius 2 is 2.31 bits per heavy atom. The van der Waals surface area contributed by atoms with Gasteiger partial charge >= 0.3 is 0 Å². The molecule has 13 heavy (non-hydrogen) atoms. The molecule has 0 bridgehead atoms. The number of methoxy groups -OCH3 is 1. The maximum absolute atomic E-state index is 13.1. The Labute approximate surface area is 82.5 Å². The number of hydrogen-bond acceptors (Lipinski definition) is 3. The molecule has 0 aliphatic rings. The predicted molar refractivity (Wildman–Crippen MR) is 55.3 cm³/mol. The van der Waals surface area contributed by atoms with E-state index in [2.05, 4.69) is 17.9 Å². The topological polar surface area (TPSA) is 21.3 Å². The van der Waals surface area contributed by atoms with Crippen LogP contribution in [0.3, 0.4) is 0 Å². The first-order chi connectivity index (χ1) is 6.27. The summed E-state index contributed by atoms with van der Waals surface area (Å²) >= 11 is 4.03. The molecular formula is C9H12FNOS. The van der Waals surface area contributed by atoms with E-state index in [4.69, 9.17) is 4.74 Å². The van der Waals surface area contributed by atoms with Gasteiger partial charge in [0.2, 0.25) is 0 Å². The second-order valence-corrected chi connectivity index (χ2v) is 2.95. The van der Waals surface area contributed by atoms with E-state index >= 15 is 0 Å². The molecule has 0 saturated heterocycles. The lowest BCUT2D eigenvalue weighted by Crippen LogP contribution is -2.02. The zero-order valence-electron chi connectivity index (χ0n) is 7.38. The van der Waals surface area contributed by atoms with E-state index < -0.39 is 0 Å². The molecular weight excluding hydrogens is 189 g/mol. The molecule has 0 saturated carbocycles. The first-order valence-corrected chi connectivity index (χ1v) is 4.59. The first kappa shape index (κ1) is 10.2. The Kier molecular flexibility index (Phi) is 3.89. The Morgan fingerprint density at radius 1 is 1.54 bits per heavy atom. The Hall–Kier alpha value is -0.900. The number of thiol groups is 1. The van der Waals surface area contributed by atoms with Gasteiger partial charge in [-0.2, -0.15) is 12.6 Å². The fourth-order valence-electron chi connectivity index (χ4n) is 0.977. The van der Waals surface area contributed by atoms with Crippen LogP contribution in [0.4, 0.5) is 10.1 Å². The summed E-state index contributed by atoms with van der Waals surface area (Å²) in [5.74, 6) is 0.622. The summed E-state index contributed by atoms with van der Waals surface area (Å²) in [7, 11) is 1.44. The molecule has 0 heterocycles. The normalized spacial score (nSPS) is 9.77. The number of anilines is 1. The molecule has 1 aromatic rings. The lowest BCUT2D eigenvalue weighted by molar-refractivity contribution is 0.386. The van der Waals surface area contributed by atoms with Gasteiger partial charge in [-0.15, -0.1) is 0 Å². The largest absolute Gasteiger partial charge is 0.494 e. The summed E-state index contributed by atoms with van der Waals surface area (Å²) in [6.45, 7) is 0.717. The zero-order chi connectivity index (χ0) is 9.68. The molecule has 0 amide bonds. The predicted octanol–water partition coefficient (Wildman–Crippen LogP) is 2.18. The van der Waals surface area contributed by atoms with Gasteiger partial charge in [0.1, 0.15) is 0 Å². The summed E-state index contributed by atoms with van der Waals surface area (Å²) in [5.41, 5.74) is 0.743. The maximum atomic E-state index is 13.1. The van der Waals surface area contributed by atoms with Crippen LogP contribution < -0.4 is 10.1 Å². The molecule has 0 spiro atoms. The van der Waals surface area contributed by atoms with Crippen molar-refractivity contribution >= 4 is 18.3 Å². The smallest absolute Gasteiger partial charge is 0.167 e. The van der Waals surface area contributed by atoms with Gasteiger partial charge in [0, 0.05) is 24.1 Å². The monoisotopic (exact) mass is 201 g/mol. The molecule has 72 valence electrons. The molecule has 0 unspecified atom stereocenters.